The van der Waals surface area contributed by atoms with Crippen molar-refractivity contribution in [1.82, 2.24) is 9.97 Å². The maximum atomic E-state index is 15.0. The molecule has 306 valence electrons. The van der Waals surface area contributed by atoms with Crippen molar-refractivity contribution in [1.29, 1.82) is 21.0 Å². The number of alkyl halides is 15. The minimum absolute atomic E-state index is 0.176. The molecule has 4 aromatic carbocycles. The van der Waals surface area contributed by atoms with Crippen LogP contribution in [0.25, 0.3) is 55.6 Å². The van der Waals surface area contributed by atoms with Gasteiger partial charge in [-0.1, -0.05) is 18.2 Å². The molecule has 0 saturated heterocycles. The second-order valence-electron chi connectivity index (χ2n) is 12.4. The number of nitrogens with zero attached hydrogens (tertiary/aromatic N) is 6. The van der Waals surface area contributed by atoms with Crippen LogP contribution in [0.5, 0.6) is 0 Å². The molecule has 0 saturated carbocycles. The van der Waals surface area contributed by atoms with Crippen molar-refractivity contribution in [2.24, 2.45) is 0 Å². The Morgan fingerprint density at radius 3 is 1.25 bits per heavy atom. The first-order valence-corrected chi connectivity index (χ1v) is 15.9. The van der Waals surface area contributed by atoms with Gasteiger partial charge in [0.15, 0.2) is 11.2 Å². The number of oxazole rings is 2. The molecule has 0 unspecified atom stereocenters. The Hall–Kier alpha value is -7.27. The lowest BCUT2D eigenvalue weighted by molar-refractivity contribution is -0.144. The zero-order chi connectivity index (χ0) is 44.5. The first-order chi connectivity index (χ1) is 27.7. The lowest BCUT2D eigenvalue weighted by Crippen LogP contribution is -2.15. The molecule has 0 amide bonds. The highest BCUT2D eigenvalue weighted by molar-refractivity contribution is 6.17. The molecule has 8 nitrogen and oxygen atoms in total. The minimum Gasteiger partial charge on any atom is -0.437 e. The van der Waals surface area contributed by atoms with Crippen LogP contribution in [0.2, 0.25) is 0 Å². The van der Waals surface area contributed by atoms with E-state index >= 15 is 13.2 Å². The van der Waals surface area contributed by atoms with E-state index in [0.717, 1.165) is 18.2 Å². The number of nitriles is 4. The molecule has 0 bridgehead atoms. The Morgan fingerprint density at radius 1 is 0.450 bits per heavy atom. The third-order valence-electron chi connectivity index (χ3n) is 8.64. The van der Waals surface area contributed by atoms with Crippen molar-refractivity contribution < 1.29 is 74.7 Å². The van der Waals surface area contributed by atoms with Crippen LogP contribution in [-0.2, 0) is 30.9 Å². The molecule has 0 fully saturated rings. The third kappa shape index (κ3) is 7.45. The Balaban J connectivity index is 1.99. The summed E-state index contributed by atoms with van der Waals surface area (Å²) in [7, 11) is 0. The summed E-state index contributed by atoms with van der Waals surface area (Å²) in [5, 5.41) is 38.4. The molecular weight excluding hydrogens is 845 g/mol. The Morgan fingerprint density at radius 2 is 0.850 bits per heavy atom. The molecule has 2 aromatic heterocycles. The quantitative estimate of drug-likeness (QED) is 0.156. The van der Waals surface area contributed by atoms with Gasteiger partial charge in [0.1, 0.15) is 11.0 Å². The van der Waals surface area contributed by atoms with Gasteiger partial charge in [0.25, 0.3) is 0 Å². The van der Waals surface area contributed by atoms with E-state index in [0.29, 0.717) is 6.07 Å². The van der Waals surface area contributed by atoms with Gasteiger partial charge in [-0.3, -0.25) is 0 Å². The lowest BCUT2D eigenvalue weighted by atomic mass is 9.85. The van der Waals surface area contributed by atoms with Crippen molar-refractivity contribution in [3.63, 3.8) is 0 Å². The van der Waals surface area contributed by atoms with Crippen LogP contribution < -0.4 is 0 Å². The summed E-state index contributed by atoms with van der Waals surface area (Å²) in [4.78, 5) is 7.74. The van der Waals surface area contributed by atoms with Gasteiger partial charge in [0.2, 0.25) is 23.6 Å². The highest BCUT2D eigenvalue weighted by atomic mass is 19.4. The van der Waals surface area contributed by atoms with Crippen molar-refractivity contribution in [3.05, 3.63) is 94.2 Å². The minimum atomic E-state index is -6.05. The van der Waals surface area contributed by atoms with Gasteiger partial charge in [-0.15, -0.1) is 0 Å². The van der Waals surface area contributed by atoms with Crippen molar-refractivity contribution >= 4 is 22.2 Å². The van der Waals surface area contributed by atoms with E-state index in [1.165, 1.54) is 24.3 Å². The van der Waals surface area contributed by atoms with Crippen LogP contribution in [0.3, 0.4) is 0 Å². The van der Waals surface area contributed by atoms with Crippen LogP contribution >= 0.6 is 0 Å². The molecule has 6 rings (SSSR count). The molecular formula is C37H11F15N6O2. The lowest BCUT2D eigenvalue weighted by Gasteiger charge is -2.23. The van der Waals surface area contributed by atoms with Gasteiger partial charge < -0.3 is 8.83 Å². The maximum Gasteiger partial charge on any atom is 0.417 e. The molecule has 0 N–H and O–H groups in total. The Kier molecular flexibility index (Phi) is 10.0. The topological polar surface area (TPSA) is 147 Å². The number of fused-ring (bicyclic) bond motifs is 2. The number of halogens is 15. The van der Waals surface area contributed by atoms with E-state index in [1.54, 1.807) is 0 Å². The van der Waals surface area contributed by atoms with E-state index < -0.39 is 150 Å². The molecule has 0 atom stereocenters. The number of hydrogen-bond acceptors (Lipinski definition) is 8. The summed E-state index contributed by atoms with van der Waals surface area (Å²) in [6.45, 7) is 0. The monoisotopic (exact) mass is 856 g/mol. The van der Waals surface area contributed by atoms with Crippen molar-refractivity contribution in [3.8, 4) is 57.7 Å². The predicted octanol–water partition coefficient (Wildman–Crippen LogP) is 12.3. The first-order valence-electron chi connectivity index (χ1n) is 15.9. The average molecular weight is 857 g/mol. The molecule has 2 heterocycles. The fraction of sp³-hybridized carbons (Fsp3) is 0.189. The van der Waals surface area contributed by atoms with E-state index in [2.05, 4.69) is 9.97 Å². The maximum absolute atomic E-state index is 15.0. The second kappa shape index (κ2) is 14.2. The van der Waals surface area contributed by atoms with Crippen molar-refractivity contribution in [2.75, 3.05) is 0 Å². The van der Waals surface area contributed by atoms with Crippen LogP contribution in [0.1, 0.15) is 51.4 Å². The molecule has 6 aromatic rings. The van der Waals surface area contributed by atoms with Gasteiger partial charge in [0, 0.05) is 5.56 Å². The normalized spacial score (nSPS) is 12.8. The molecule has 0 spiro atoms. The highest BCUT2D eigenvalue weighted by Crippen LogP contribution is 2.53. The van der Waals surface area contributed by atoms with E-state index in [9.17, 15) is 73.7 Å². The fourth-order valence-electron chi connectivity index (χ4n) is 6.18. The van der Waals surface area contributed by atoms with Crippen molar-refractivity contribution in [2.45, 2.75) is 42.7 Å². The smallest absolute Gasteiger partial charge is 0.417 e. The predicted molar refractivity (Wildman–Crippen MR) is 171 cm³/mol. The molecule has 0 aliphatic carbocycles. The van der Waals surface area contributed by atoms with Gasteiger partial charge >= 0.3 is 30.9 Å². The van der Waals surface area contributed by atoms with E-state index in [4.69, 9.17) is 8.83 Å². The van der Waals surface area contributed by atoms with Gasteiger partial charge in [0.05, 0.1) is 63.2 Å². The zero-order valence-corrected chi connectivity index (χ0v) is 28.5. The summed E-state index contributed by atoms with van der Waals surface area (Å²) < 4.78 is 228. The van der Waals surface area contributed by atoms with Gasteiger partial charge in [-0.2, -0.15) is 86.9 Å². The number of hydrogen-bond donors (Lipinski definition) is 0. The van der Waals surface area contributed by atoms with Gasteiger partial charge in [-0.25, -0.2) is 9.97 Å². The largest absolute Gasteiger partial charge is 0.437 e. The summed E-state index contributed by atoms with van der Waals surface area (Å²) in [5.74, 6) is -6.39. The van der Waals surface area contributed by atoms with E-state index in [-0.39, 0.29) is 18.2 Å². The van der Waals surface area contributed by atoms with Crippen LogP contribution in [0.15, 0.2) is 63.4 Å². The number of benzene rings is 4. The highest BCUT2D eigenvalue weighted by Gasteiger charge is 2.44. The summed E-state index contributed by atoms with van der Waals surface area (Å²) in [6.07, 6.45) is -28.6. The second-order valence-corrected chi connectivity index (χ2v) is 12.4. The average Bonchev–Trinajstić information content (AvgIpc) is 3.77. The molecule has 0 radical (unpaired) electrons. The Labute approximate surface area is 322 Å². The summed E-state index contributed by atoms with van der Waals surface area (Å²) in [5.41, 5.74) is -23.5. The third-order valence-corrected chi connectivity index (χ3v) is 8.64. The number of aromatic nitrogens is 2. The molecule has 0 aliphatic rings. The van der Waals surface area contributed by atoms with Crippen LogP contribution in [-0.4, -0.2) is 9.97 Å². The SMILES string of the molecule is N#CC(C#N)c1nc2c(-c3cc(C(F)(F)F)cc(C(F)(F)F)c3-c3cc(C(F)(F)F)cc(C(F)(F)F)c3)c3oc(C(C#N)C#N)nc3c(-c3ccccc3C(F)(F)F)c2o1. The molecule has 23 heteroatoms. The molecule has 60 heavy (non-hydrogen) atoms. The summed E-state index contributed by atoms with van der Waals surface area (Å²) >= 11 is 0. The number of rotatable bonds is 5. The Bertz CT molecular complexity index is 2740. The van der Waals surface area contributed by atoms with Gasteiger partial charge in [-0.05, 0) is 53.1 Å². The standard InChI is InChI=1S/C37H11F15N6O2/c38-33(39,40)17-5-14(6-18(7-17)34(41,42)43)24-21(8-19(35(44,45)46)9-23(24)37(50,51)52)26-28-29(59-32(58-28)16(12-55)13-56)25(20-3-1-2-4-22(20)36(47,48)49)27-30(26)60-31(57-27)15(10-53)11-54/h1-9,15-16H. The fourth-order valence-corrected chi connectivity index (χ4v) is 6.18. The zero-order valence-electron chi connectivity index (χ0n) is 28.5. The summed E-state index contributed by atoms with van der Waals surface area (Å²) in [6, 6.07) is 6.83. The molecule has 0 aliphatic heterocycles. The van der Waals surface area contributed by atoms with Crippen LogP contribution in [0.4, 0.5) is 65.9 Å². The van der Waals surface area contributed by atoms with Crippen LogP contribution in [0, 0.1) is 45.3 Å². The first kappa shape index (κ1) is 42.3. The van der Waals surface area contributed by atoms with E-state index in [1.807, 2.05) is 0 Å².